The zero-order valence-electron chi connectivity index (χ0n) is 15.4. The van der Waals surface area contributed by atoms with E-state index in [-0.39, 0.29) is 22.8 Å². The van der Waals surface area contributed by atoms with Crippen LogP contribution in [-0.2, 0) is 6.18 Å². The maximum atomic E-state index is 13.0. The van der Waals surface area contributed by atoms with Crippen molar-refractivity contribution >= 4 is 17.8 Å². The quantitative estimate of drug-likeness (QED) is 0.583. The van der Waals surface area contributed by atoms with Crippen molar-refractivity contribution < 1.29 is 27.9 Å². The Morgan fingerprint density at radius 3 is 2.60 bits per heavy atom. The number of carbonyl (C=O) groups is 2. The van der Waals surface area contributed by atoms with Gasteiger partial charge in [-0.25, -0.2) is 24.2 Å². The van der Waals surface area contributed by atoms with E-state index in [9.17, 15) is 22.8 Å². The van der Waals surface area contributed by atoms with E-state index in [2.05, 4.69) is 25.7 Å². The Hall–Kier alpha value is -3.96. The van der Waals surface area contributed by atoms with Crippen LogP contribution in [0.15, 0.2) is 43.0 Å². The minimum absolute atomic E-state index is 0.0660. The topological polar surface area (TPSA) is 122 Å². The van der Waals surface area contributed by atoms with Crippen molar-refractivity contribution in [1.29, 1.82) is 0 Å². The maximum Gasteiger partial charge on any atom is 0.419 e. The Kier molecular flexibility index (Phi) is 5.67. The van der Waals surface area contributed by atoms with E-state index < -0.39 is 23.7 Å². The minimum atomic E-state index is -4.60. The molecule has 3 N–H and O–H groups in total. The highest BCUT2D eigenvalue weighted by molar-refractivity contribution is 5.90. The molecule has 0 spiro atoms. The van der Waals surface area contributed by atoms with Gasteiger partial charge in [0.05, 0.1) is 17.4 Å². The number of anilines is 1. The van der Waals surface area contributed by atoms with Crippen LogP contribution >= 0.6 is 0 Å². The number of pyridine rings is 2. The Labute approximate surface area is 167 Å². The third kappa shape index (κ3) is 4.54. The van der Waals surface area contributed by atoms with Crippen LogP contribution in [0.1, 0.15) is 23.0 Å². The molecule has 12 heteroatoms. The molecule has 0 aliphatic carbocycles. The van der Waals surface area contributed by atoms with E-state index in [4.69, 9.17) is 5.11 Å². The number of alkyl halides is 3. The Bertz CT molecular complexity index is 1100. The van der Waals surface area contributed by atoms with E-state index in [0.717, 1.165) is 10.9 Å². The molecule has 0 aliphatic heterocycles. The number of hydrogen-bond acceptors (Lipinski definition) is 5. The van der Waals surface area contributed by atoms with E-state index in [1.54, 1.807) is 6.92 Å². The lowest BCUT2D eigenvalue weighted by Gasteiger charge is -2.13. The van der Waals surface area contributed by atoms with Crippen LogP contribution in [0.5, 0.6) is 0 Å². The van der Waals surface area contributed by atoms with Gasteiger partial charge in [0, 0.05) is 36.8 Å². The fraction of sp³-hybridized carbons (Fsp3) is 0.167. The van der Waals surface area contributed by atoms with Crippen molar-refractivity contribution in [3.63, 3.8) is 0 Å². The summed E-state index contributed by atoms with van der Waals surface area (Å²) in [5, 5.41) is 17.9. The Morgan fingerprint density at radius 2 is 1.97 bits per heavy atom. The van der Waals surface area contributed by atoms with Crippen molar-refractivity contribution in [2.75, 3.05) is 11.9 Å². The third-order valence-corrected chi connectivity index (χ3v) is 3.91. The number of rotatable bonds is 5. The number of urea groups is 1. The fourth-order valence-electron chi connectivity index (χ4n) is 2.56. The van der Waals surface area contributed by atoms with Gasteiger partial charge in [-0.3, -0.25) is 5.32 Å². The molecule has 3 aromatic heterocycles. The molecule has 3 aromatic rings. The number of amides is 2. The molecule has 2 amide bonds. The first-order valence-electron chi connectivity index (χ1n) is 8.56. The summed E-state index contributed by atoms with van der Waals surface area (Å²) in [5.74, 6) is -1.20. The molecule has 0 saturated heterocycles. The summed E-state index contributed by atoms with van der Waals surface area (Å²) in [6.45, 7) is 2.08. The fourth-order valence-corrected chi connectivity index (χ4v) is 2.56. The molecule has 0 atom stereocenters. The average molecular weight is 420 g/mol. The summed E-state index contributed by atoms with van der Waals surface area (Å²) < 4.78 is 40.0. The number of carboxylic acids is 1. The molecule has 0 fully saturated rings. The molecule has 0 unspecified atom stereocenters. The lowest BCUT2D eigenvalue weighted by Crippen LogP contribution is -2.28. The Balaban J connectivity index is 2.12. The van der Waals surface area contributed by atoms with Gasteiger partial charge in [0.15, 0.2) is 0 Å². The van der Waals surface area contributed by atoms with E-state index in [0.29, 0.717) is 18.3 Å². The number of carboxylic acid groups (broad SMARTS) is 1. The first kappa shape index (κ1) is 20.8. The third-order valence-electron chi connectivity index (χ3n) is 3.91. The molecule has 156 valence electrons. The number of aromatic carboxylic acids is 1. The van der Waals surface area contributed by atoms with Crippen molar-refractivity contribution in [3.05, 3.63) is 54.2 Å². The van der Waals surface area contributed by atoms with Crippen molar-refractivity contribution in [3.8, 4) is 16.8 Å². The molecule has 3 rings (SSSR count). The molecule has 0 aromatic carbocycles. The molecule has 0 radical (unpaired) electrons. The zero-order chi connectivity index (χ0) is 21.9. The Morgan fingerprint density at radius 1 is 1.20 bits per heavy atom. The van der Waals surface area contributed by atoms with Gasteiger partial charge in [-0.2, -0.15) is 18.3 Å². The van der Waals surface area contributed by atoms with Crippen LogP contribution < -0.4 is 10.6 Å². The van der Waals surface area contributed by atoms with E-state index >= 15 is 0 Å². The molecule has 0 aliphatic rings. The van der Waals surface area contributed by atoms with E-state index in [1.807, 2.05) is 0 Å². The van der Waals surface area contributed by atoms with E-state index in [1.165, 1.54) is 30.6 Å². The number of nitrogens with one attached hydrogen (secondary N) is 2. The highest BCUT2D eigenvalue weighted by Gasteiger charge is 2.32. The van der Waals surface area contributed by atoms with Gasteiger partial charge in [-0.1, -0.05) is 0 Å². The van der Waals surface area contributed by atoms with Crippen molar-refractivity contribution in [2.24, 2.45) is 0 Å². The van der Waals surface area contributed by atoms with Crippen LogP contribution in [0.3, 0.4) is 0 Å². The first-order chi connectivity index (χ1) is 14.2. The molecule has 0 bridgehead atoms. The first-order valence-corrected chi connectivity index (χ1v) is 8.56. The summed E-state index contributed by atoms with van der Waals surface area (Å²) in [4.78, 5) is 30.8. The molecule has 3 heterocycles. The lowest BCUT2D eigenvalue weighted by atomic mass is 10.1. The molecular formula is C18H15F3N6O3. The van der Waals surface area contributed by atoms with Crippen LogP contribution in [0.2, 0.25) is 0 Å². The standard InChI is InChI=1S/C18H15F3N6O3/c1-2-22-17(30)26-15-6-14(27-9-11(7-25-27)18(19,20)21)12(8-24-15)10-3-4-23-13(5-10)16(28)29/h3-9H,2H2,1H3,(H,28,29)(H2,22,24,26,30). The van der Waals surface area contributed by atoms with Gasteiger partial charge < -0.3 is 10.4 Å². The summed E-state index contributed by atoms with van der Waals surface area (Å²) in [5.41, 5.74) is -0.435. The van der Waals surface area contributed by atoms with Gasteiger partial charge in [-0.05, 0) is 24.6 Å². The largest absolute Gasteiger partial charge is 0.477 e. The van der Waals surface area contributed by atoms with Crippen molar-refractivity contribution in [2.45, 2.75) is 13.1 Å². The second-order valence-electron chi connectivity index (χ2n) is 5.98. The van der Waals surface area contributed by atoms with Crippen LogP contribution in [0.25, 0.3) is 16.8 Å². The number of nitrogens with zero attached hydrogens (tertiary/aromatic N) is 4. The number of carbonyl (C=O) groups excluding carboxylic acids is 1. The van der Waals surface area contributed by atoms with Crippen LogP contribution in [-0.4, -0.2) is 43.4 Å². The van der Waals surface area contributed by atoms with Crippen LogP contribution in [0.4, 0.5) is 23.8 Å². The van der Waals surface area contributed by atoms with Gasteiger partial charge in [-0.15, -0.1) is 0 Å². The van der Waals surface area contributed by atoms with Crippen LogP contribution in [0, 0.1) is 0 Å². The highest BCUT2D eigenvalue weighted by Crippen LogP contribution is 2.32. The average Bonchev–Trinajstić information content (AvgIpc) is 3.19. The van der Waals surface area contributed by atoms with Gasteiger partial charge >= 0.3 is 18.2 Å². The maximum absolute atomic E-state index is 13.0. The molecular weight excluding hydrogens is 405 g/mol. The second kappa shape index (κ2) is 8.19. The van der Waals surface area contributed by atoms with Gasteiger partial charge in [0.1, 0.15) is 11.5 Å². The predicted octanol–water partition coefficient (Wildman–Crippen LogP) is 3.19. The number of aromatic nitrogens is 4. The smallest absolute Gasteiger partial charge is 0.419 e. The normalized spacial score (nSPS) is 11.2. The highest BCUT2D eigenvalue weighted by atomic mass is 19.4. The molecule has 9 nitrogen and oxygen atoms in total. The SMILES string of the molecule is CCNC(=O)Nc1cc(-n2cc(C(F)(F)F)cn2)c(-c2ccnc(C(=O)O)c2)cn1. The van der Waals surface area contributed by atoms with Gasteiger partial charge in [0.25, 0.3) is 0 Å². The summed E-state index contributed by atoms with van der Waals surface area (Å²) in [6.07, 6.45) is -0.592. The second-order valence-corrected chi connectivity index (χ2v) is 5.98. The van der Waals surface area contributed by atoms with Gasteiger partial charge in [0.2, 0.25) is 0 Å². The molecule has 30 heavy (non-hydrogen) atoms. The monoisotopic (exact) mass is 420 g/mol. The summed E-state index contributed by atoms with van der Waals surface area (Å²) in [6, 6.07) is 3.53. The number of halogens is 3. The molecule has 0 saturated carbocycles. The van der Waals surface area contributed by atoms with Crippen molar-refractivity contribution in [1.82, 2.24) is 25.1 Å². The lowest BCUT2D eigenvalue weighted by molar-refractivity contribution is -0.137. The predicted molar refractivity (Wildman–Crippen MR) is 99.2 cm³/mol. The number of hydrogen-bond donors (Lipinski definition) is 3. The summed E-state index contributed by atoms with van der Waals surface area (Å²) >= 11 is 0. The minimum Gasteiger partial charge on any atom is -0.477 e. The summed E-state index contributed by atoms with van der Waals surface area (Å²) in [7, 11) is 0. The zero-order valence-corrected chi connectivity index (χ0v) is 15.4.